The first-order valence-electron chi connectivity index (χ1n) is 10.9. The standard InChI is InChI=1S/C24H26ClN3O5/c1-3-32-18-9-6-14(12-19(18)33-4-2)23-20-21(16-13-15(25)7-8-17(16)30)26-27-22(20)24(31)28(23)10-5-11-29/h6-9,12-13,23,29-30H,3-5,10-11H2,1-2H3,(H,26,27). The average Bonchev–Trinajstić information content (AvgIpc) is 3.34. The van der Waals surface area contributed by atoms with Crippen molar-refractivity contribution in [3.8, 4) is 28.5 Å². The Labute approximate surface area is 196 Å². The van der Waals surface area contributed by atoms with Crippen LogP contribution in [0, 0.1) is 0 Å². The number of carbonyl (C=O) groups excluding carboxylic acids is 1. The Bertz CT molecular complexity index is 1160. The van der Waals surface area contributed by atoms with Gasteiger partial charge in [0, 0.05) is 29.3 Å². The summed E-state index contributed by atoms with van der Waals surface area (Å²) in [6.07, 6.45) is 0.424. The highest BCUT2D eigenvalue weighted by Gasteiger charge is 2.42. The first-order chi connectivity index (χ1) is 16.0. The number of hydrogen-bond acceptors (Lipinski definition) is 6. The molecule has 0 saturated carbocycles. The highest BCUT2D eigenvalue weighted by atomic mass is 35.5. The van der Waals surface area contributed by atoms with Crippen molar-refractivity contribution in [3.05, 3.63) is 58.2 Å². The fraction of sp³-hybridized carbons (Fsp3) is 0.333. The molecule has 8 nitrogen and oxygen atoms in total. The lowest BCUT2D eigenvalue weighted by Crippen LogP contribution is -2.31. The predicted octanol–water partition coefficient (Wildman–Crippen LogP) is 4.16. The lowest BCUT2D eigenvalue weighted by atomic mass is 9.95. The second-order valence-electron chi connectivity index (χ2n) is 7.57. The first kappa shape index (κ1) is 22.9. The van der Waals surface area contributed by atoms with E-state index in [1.54, 1.807) is 17.0 Å². The maximum absolute atomic E-state index is 13.3. The van der Waals surface area contributed by atoms with Crippen molar-refractivity contribution in [1.29, 1.82) is 0 Å². The van der Waals surface area contributed by atoms with Crippen LogP contribution in [-0.4, -0.2) is 57.6 Å². The molecule has 0 radical (unpaired) electrons. The summed E-state index contributed by atoms with van der Waals surface area (Å²) in [6, 6.07) is 9.79. The fourth-order valence-electron chi connectivity index (χ4n) is 4.16. The molecule has 9 heteroatoms. The molecular formula is C24H26ClN3O5. The van der Waals surface area contributed by atoms with Gasteiger partial charge in [0.15, 0.2) is 11.5 Å². The number of benzene rings is 2. The Balaban J connectivity index is 1.88. The molecule has 4 rings (SSSR count). The van der Waals surface area contributed by atoms with Crippen molar-refractivity contribution in [3.63, 3.8) is 0 Å². The van der Waals surface area contributed by atoms with Gasteiger partial charge in [-0.05, 0) is 56.2 Å². The van der Waals surface area contributed by atoms with Gasteiger partial charge in [0.05, 0.1) is 19.3 Å². The zero-order valence-corrected chi connectivity index (χ0v) is 19.2. The van der Waals surface area contributed by atoms with Gasteiger partial charge in [-0.2, -0.15) is 5.10 Å². The summed E-state index contributed by atoms with van der Waals surface area (Å²) >= 11 is 6.18. The van der Waals surface area contributed by atoms with E-state index in [2.05, 4.69) is 10.2 Å². The number of rotatable bonds is 9. The third-order valence-corrected chi connectivity index (χ3v) is 5.75. The topological polar surface area (TPSA) is 108 Å². The molecule has 3 aromatic rings. The second-order valence-corrected chi connectivity index (χ2v) is 8.01. The highest BCUT2D eigenvalue weighted by molar-refractivity contribution is 6.31. The summed E-state index contributed by atoms with van der Waals surface area (Å²) in [5, 5.41) is 27.5. The molecule has 0 saturated heterocycles. The molecule has 1 atom stereocenters. The Hall–Kier alpha value is -3.23. The van der Waals surface area contributed by atoms with Gasteiger partial charge in [-0.25, -0.2) is 0 Å². The fourth-order valence-corrected chi connectivity index (χ4v) is 4.33. The number of ether oxygens (including phenoxy) is 2. The molecule has 1 unspecified atom stereocenters. The van der Waals surface area contributed by atoms with Crippen LogP contribution in [0.2, 0.25) is 5.02 Å². The van der Waals surface area contributed by atoms with Gasteiger partial charge >= 0.3 is 0 Å². The molecule has 2 aromatic carbocycles. The molecule has 0 fully saturated rings. The molecule has 0 bridgehead atoms. The number of fused-ring (bicyclic) bond motifs is 1. The van der Waals surface area contributed by atoms with E-state index >= 15 is 0 Å². The second kappa shape index (κ2) is 9.72. The number of aromatic amines is 1. The lowest BCUT2D eigenvalue weighted by Gasteiger charge is -2.27. The van der Waals surface area contributed by atoms with Crippen molar-refractivity contribution in [2.75, 3.05) is 26.4 Å². The number of nitrogens with zero attached hydrogens (tertiary/aromatic N) is 2. The van der Waals surface area contributed by atoms with Gasteiger partial charge in [-0.1, -0.05) is 17.7 Å². The van der Waals surface area contributed by atoms with E-state index < -0.39 is 6.04 Å². The van der Waals surface area contributed by atoms with Crippen LogP contribution in [-0.2, 0) is 0 Å². The number of aromatic hydroxyl groups is 1. The number of phenols is 1. The van der Waals surface area contributed by atoms with Crippen LogP contribution in [0.1, 0.15) is 47.9 Å². The van der Waals surface area contributed by atoms with Crippen molar-refractivity contribution < 1.29 is 24.5 Å². The third kappa shape index (κ3) is 4.24. The zero-order chi connectivity index (χ0) is 23.5. The van der Waals surface area contributed by atoms with Crippen LogP contribution >= 0.6 is 11.6 Å². The van der Waals surface area contributed by atoms with Crippen LogP contribution in [0.15, 0.2) is 36.4 Å². The summed E-state index contributed by atoms with van der Waals surface area (Å²) in [5.41, 5.74) is 2.66. The normalized spacial score (nSPS) is 15.1. The lowest BCUT2D eigenvalue weighted by molar-refractivity contribution is 0.0732. The number of hydrogen-bond donors (Lipinski definition) is 3. The number of phenolic OH excluding ortho intramolecular Hbond substituents is 1. The maximum atomic E-state index is 13.3. The molecule has 0 aliphatic carbocycles. The Kier molecular flexibility index (Phi) is 6.76. The number of carbonyl (C=O) groups is 1. The van der Waals surface area contributed by atoms with Gasteiger partial charge < -0.3 is 24.6 Å². The average molecular weight is 472 g/mol. The van der Waals surface area contributed by atoms with Gasteiger partial charge in [-0.15, -0.1) is 0 Å². The maximum Gasteiger partial charge on any atom is 0.273 e. The summed E-state index contributed by atoms with van der Waals surface area (Å²) in [6.45, 7) is 5.05. The van der Waals surface area contributed by atoms with Crippen LogP contribution in [0.25, 0.3) is 11.3 Å². The summed E-state index contributed by atoms with van der Waals surface area (Å²) in [7, 11) is 0. The van der Waals surface area contributed by atoms with Crippen LogP contribution < -0.4 is 9.47 Å². The highest BCUT2D eigenvalue weighted by Crippen LogP contribution is 2.46. The minimum absolute atomic E-state index is 0.00964. The van der Waals surface area contributed by atoms with Gasteiger partial charge in [-0.3, -0.25) is 9.89 Å². The summed E-state index contributed by atoms with van der Waals surface area (Å²) in [5.74, 6) is 0.982. The molecule has 174 valence electrons. The van der Waals surface area contributed by atoms with Crippen molar-refractivity contribution in [2.24, 2.45) is 0 Å². The van der Waals surface area contributed by atoms with Gasteiger partial charge in [0.25, 0.3) is 5.91 Å². The number of aliphatic hydroxyl groups is 1. The third-order valence-electron chi connectivity index (χ3n) is 5.52. The smallest absolute Gasteiger partial charge is 0.273 e. The minimum atomic E-state index is -0.499. The molecular weight excluding hydrogens is 446 g/mol. The molecule has 3 N–H and O–H groups in total. The van der Waals surface area contributed by atoms with Gasteiger partial charge in [0.2, 0.25) is 0 Å². The number of aliphatic hydroxyl groups excluding tert-OH is 1. The van der Waals surface area contributed by atoms with E-state index in [0.717, 1.165) is 5.56 Å². The van der Waals surface area contributed by atoms with E-state index in [4.69, 9.17) is 21.1 Å². The van der Waals surface area contributed by atoms with E-state index in [1.807, 2.05) is 32.0 Å². The number of H-pyrrole nitrogens is 1. The number of aromatic nitrogens is 2. The van der Waals surface area contributed by atoms with Crippen molar-refractivity contribution in [1.82, 2.24) is 15.1 Å². The minimum Gasteiger partial charge on any atom is -0.507 e. The van der Waals surface area contributed by atoms with Crippen molar-refractivity contribution >= 4 is 17.5 Å². The van der Waals surface area contributed by atoms with Crippen LogP contribution in [0.5, 0.6) is 17.2 Å². The molecule has 1 aromatic heterocycles. The number of amides is 1. The summed E-state index contributed by atoms with van der Waals surface area (Å²) in [4.78, 5) is 15.0. The first-order valence-corrected chi connectivity index (χ1v) is 11.3. The largest absolute Gasteiger partial charge is 0.507 e. The van der Waals surface area contributed by atoms with E-state index in [0.29, 0.717) is 65.2 Å². The van der Waals surface area contributed by atoms with E-state index in [9.17, 15) is 15.0 Å². The molecule has 0 spiro atoms. The molecule has 1 aliphatic heterocycles. The Morgan fingerprint density at radius 3 is 2.61 bits per heavy atom. The van der Waals surface area contributed by atoms with Crippen LogP contribution in [0.3, 0.4) is 0 Å². The Morgan fingerprint density at radius 2 is 1.88 bits per heavy atom. The molecule has 1 amide bonds. The molecule has 2 heterocycles. The predicted molar refractivity (Wildman–Crippen MR) is 124 cm³/mol. The van der Waals surface area contributed by atoms with Crippen LogP contribution in [0.4, 0.5) is 0 Å². The van der Waals surface area contributed by atoms with Crippen molar-refractivity contribution in [2.45, 2.75) is 26.3 Å². The molecule has 1 aliphatic rings. The SMILES string of the molecule is CCOc1ccc(C2c3c(-c4cc(Cl)ccc4O)n[nH]c3C(=O)N2CCCO)cc1OCC. The van der Waals surface area contributed by atoms with E-state index in [-0.39, 0.29) is 18.3 Å². The van der Waals surface area contributed by atoms with E-state index in [1.165, 1.54) is 6.07 Å². The summed E-state index contributed by atoms with van der Waals surface area (Å²) < 4.78 is 11.5. The zero-order valence-electron chi connectivity index (χ0n) is 18.5. The van der Waals surface area contributed by atoms with Gasteiger partial charge in [0.1, 0.15) is 17.1 Å². The molecule has 33 heavy (non-hydrogen) atoms. The Morgan fingerprint density at radius 1 is 1.12 bits per heavy atom. The quantitative estimate of drug-likeness (QED) is 0.432. The number of halogens is 1. The number of nitrogens with one attached hydrogen (secondary N) is 1. The monoisotopic (exact) mass is 471 g/mol.